The minimum absolute atomic E-state index is 0.246. The molecule has 2 aromatic rings. The van der Waals surface area contributed by atoms with E-state index in [9.17, 15) is 0 Å². The minimum atomic E-state index is 0.246. The molecule has 5 nitrogen and oxygen atoms in total. The lowest BCUT2D eigenvalue weighted by Gasteiger charge is -2.08. The largest absolute Gasteiger partial charge is 0.484 e. The standard InChI is InChI=1S/C13H17N3O2/c1-9(2)10-4-3-5-11(6-10)17-8-13-16-15-12(7-14)18-13/h3-6,9H,7-8,14H2,1-2H3. The van der Waals surface area contributed by atoms with Crippen LogP contribution in [0.2, 0.25) is 0 Å². The van der Waals surface area contributed by atoms with E-state index < -0.39 is 0 Å². The molecule has 2 N–H and O–H groups in total. The van der Waals surface area contributed by atoms with E-state index in [1.54, 1.807) is 0 Å². The van der Waals surface area contributed by atoms with Crippen molar-refractivity contribution in [1.29, 1.82) is 0 Å². The van der Waals surface area contributed by atoms with E-state index in [2.05, 4.69) is 30.1 Å². The number of hydrogen-bond donors (Lipinski definition) is 1. The summed E-state index contributed by atoms with van der Waals surface area (Å²) in [6.45, 7) is 4.79. The fraction of sp³-hybridized carbons (Fsp3) is 0.385. The summed E-state index contributed by atoms with van der Waals surface area (Å²) in [5.41, 5.74) is 6.62. The van der Waals surface area contributed by atoms with E-state index >= 15 is 0 Å². The summed E-state index contributed by atoms with van der Waals surface area (Å²) in [6.07, 6.45) is 0. The highest BCUT2D eigenvalue weighted by Crippen LogP contribution is 2.20. The number of ether oxygens (including phenoxy) is 1. The van der Waals surface area contributed by atoms with E-state index in [-0.39, 0.29) is 13.2 Å². The first kappa shape index (κ1) is 12.6. The first-order valence-corrected chi connectivity index (χ1v) is 5.93. The van der Waals surface area contributed by atoms with Crippen LogP contribution in [0.1, 0.15) is 37.1 Å². The molecule has 0 fully saturated rings. The van der Waals surface area contributed by atoms with E-state index in [0.717, 1.165) is 5.75 Å². The van der Waals surface area contributed by atoms with Gasteiger partial charge in [-0.05, 0) is 23.6 Å². The minimum Gasteiger partial charge on any atom is -0.484 e. The van der Waals surface area contributed by atoms with Crippen molar-refractivity contribution >= 4 is 0 Å². The zero-order chi connectivity index (χ0) is 13.0. The molecule has 0 spiro atoms. The smallest absolute Gasteiger partial charge is 0.253 e. The SMILES string of the molecule is CC(C)c1cccc(OCc2nnc(CN)o2)c1. The fourth-order valence-corrected chi connectivity index (χ4v) is 1.54. The maximum Gasteiger partial charge on any atom is 0.253 e. The Morgan fingerprint density at radius 3 is 2.72 bits per heavy atom. The summed E-state index contributed by atoms with van der Waals surface area (Å²) in [7, 11) is 0. The van der Waals surface area contributed by atoms with Crippen LogP contribution >= 0.6 is 0 Å². The van der Waals surface area contributed by atoms with Crippen molar-refractivity contribution in [2.75, 3.05) is 0 Å². The summed E-state index contributed by atoms with van der Waals surface area (Å²) >= 11 is 0. The van der Waals surface area contributed by atoms with E-state index in [1.165, 1.54) is 5.56 Å². The first-order valence-electron chi connectivity index (χ1n) is 5.93. The highest BCUT2D eigenvalue weighted by atomic mass is 16.5. The van der Waals surface area contributed by atoms with Crippen LogP contribution in [-0.4, -0.2) is 10.2 Å². The van der Waals surface area contributed by atoms with Crippen LogP contribution in [0.15, 0.2) is 28.7 Å². The summed E-state index contributed by atoms with van der Waals surface area (Å²) in [5, 5.41) is 7.61. The molecule has 0 bridgehead atoms. The van der Waals surface area contributed by atoms with Crippen molar-refractivity contribution in [3.8, 4) is 5.75 Å². The third-order valence-electron chi connectivity index (χ3n) is 2.57. The quantitative estimate of drug-likeness (QED) is 0.877. The molecular weight excluding hydrogens is 230 g/mol. The van der Waals surface area contributed by atoms with E-state index in [0.29, 0.717) is 17.7 Å². The zero-order valence-corrected chi connectivity index (χ0v) is 10.6. The third kappa shape index (κ3) is 3.07. The Labute approximate surface area is 106 Å². The number of rotatable bonds is 5. The van der Waals surface area contributed by atoms with Gasteiger partial charge < -0.3 is 14.9 Å². The van der Waals surface area contributed by atoms with E-state index in [1.807, 2.05) is 18.2 Å². The van der Waals surface area contributed by atoms with Crippen LogP contribution in [0.5, 0.6) is 5.75 Å². The molecule has 1 aromatic carbocycles. The summed E-state index contributed by atoms with van der Waals surface area (Å²) < 4.78 is 10.9. The Hall–Kier alpha value is -1.88. The number of aromatic nitrogens is 2. The van der Waals surface area contributed by atoms with Crippen molar-refractivity contribution in [2.24, 2.45) is 5.73 Å². The Bertz CT molecular complexity index is 508. The number of nitrogens with zero attached hydrogens (tertiary/aromatic N) is 2. The molecule has 0 radical (unpaired) electrons. The number of benzene rings is 1. The lowest BCUT2D eigenvalue weighted by molar-refractivity contribution is 0.259. The summed E-state index contributed by atoms with van der Waals surface area (Å²) in [6, 6.07) is 7.98. The van der Waals surface area contributed by atoms with Crippen LogP contribution in [0.25, 0.3) is 0 Å². The highest BCUT2D eigenvalue weighted by molar-refractivity contribution is 5.30. The predicted molar refractivity (Wildman–Crippen MR) is 67.1 cm³/mol. The molecule has 0 aliphatic heterocycles. The van der Waals surface area contributed by atoms with Crippen LogP contribution in [0.4, 0.5) is 0 Å². The van der Waals surface area contributed by atoms with Gasteiger partial charge in [-0.25, -0.2) is 0 Å². The van der Waals surface area contributed by atoms with Crippen LogP contribution in [0, 0.1) is 0 Å². The normalized spacial score (nSPS) is 10.9. The summed E-state index contributed by atoms with van der Waals surface area (Å²) in [5.74, 6) is 2.13. The molecule has 0 atom stereocenters. The Morgan fingerprint density at radius 2 is 2.06 bits per heavy atom. The molecule has 0 saturated carbocycles. The van der Waals surface area contributed by atoms with Gasteiger partial charge in [0, 0.05) is 0 Å². The number of nitrogens with two attached hydrogens (primary N) is 1. The monoisotopic (exact) mass is 247 g/mol. The zero-order valence-electron chi connectivity index (χ0n) is 10.6. The van der Waals surface area contributed by atoms with Gasteiger partial charge >= 0.3 is 0 Å². The van der Waals surface area contributed by atoms with Crippen molar-refractivity contribution < 1.29 is 9.15 Å². The Morgan fingerprint density at radius 1 is 1.28 bits per heavy atom. The molecule has 1 aromatic heterocycles. The van der Waals surface area contributed by atoms with Gasteiger partial charge in [0.05, 0.1) is 6.54 Å². The molecular formula is C13H17N3O2. The average Bonchev–Trinajstić information content (AvgIpc) is 2.84. The average molecular weight is 247 g/mol. The molecule has 0 aliphatic rings. The van der Waals surface area contributed by atoms with Crippen LogP contribution in [-0.2, 0) is 13.2 Å². The third-order valence-corrected chi connectivity index (χ3v) is 2.57. The second-order valence-electron chi connectivity index (χ2n) is 4.31. The fourth-order valence-electron chi connectivity index (χ4n) is 1.54. The molecule has 1 heterocycles. The molecule has 96 valence electrons. The van der Waals surface area contributed by atoms with Crippen molar-refractivity contribution in [3.63, 3.8) is 0 Å². The van der Waals surface area contributed by atoms with Gasteiger partial charge in [0.2, 0.25) is 5.89 Å². The van der Waals surface area contributed by atoms with Gasteiger partial charge in [0.1, 0.15) is 5.75 Å². The number of hydrogen-bond acceptors (Lipinski definition) is 5. The van der Waals surface area contributed by atoms with Gasteiger partial charge in [-0.15, -0.1) is 10.2 Å². The molecule has 5 heteroatoms. The molecule has 18 heavy (non-hydrogen) atoms. The van der Waals surface area contributed by atoms with Crippen LogP contribution in [0.3, 0.4) is 0 Å². The highest BCUT2D eigenvalue weighted by Gasteiger charge is 2.06. The van der Waals surface area contributed by atoms with Crippen molar-refractivity contribution in [3.05, 3.63) is 41.6 Å². The van der Waals surface area contributed by atoms with Crippen molar-refractivity contribution in [2.45, 2.75) is 32.9 Å². The predicted octanol–water partition coefficient (Wildman–Crippen LogP) is 2.23. The lowest BCUT2D eigenvalue weighted by atomic mass is 10.0. The second kappa shape index (κ2) is 5.64. The second-order valence-corrected chi connectivity index (χ2v) is 4.31. The van der Waals surface area contributed by atoms with Gasteiger partial charge in [-0.3, -0.25) is 0 Å². The maximum atomic E-state index is 5.60. The molecule has 0 amide bonds. The van der Waals surface area contributed by atoms with Crippen molar-refractivity contribution in [1.82, 2.24) is 10.2 Å². The Kier molecular flexibility index (Phi) is 3.94. The van der Waals surface area contributed by atoms with E-state index in [4.69, 9.17) is 14.9 Å². The molecule has 0 aliphatic carbocycles. The molecule has 0 unspecified atom stereocenters. The lowest BCUT2D eigenvalue weighted by Crippen LogP contribution is -1.97. The van der Waals surface area contributed by atoms with Gasteiger partial charge in [-0.2, -0.15) is 0 Å². The maximum absolute atomic E-state index is 5.60. The van der Waals surface area contributed by atoms with Crippen LogP contribution < -0.4 is 10.5 Å². The Balaban J connectivity index is 1.99. The topological polar surface area (TPSA) is 74.2 Å². The van der Waals surface area contributed by atoms with Gasteiger partial charge in [0.15, 0.2) is 6.61 Å². The molecule has 0 saturated heterocycles. The van der Waals surface area contributed by atoms with Gasteiger partial charge in [0.25, 0.3) is 5.89 Å². The summed E-state index contributed by atoms with van der Waals surface area (Å²) in [4.78, 5) is 0. The van der Waals surface area contributed by atoms with Gasteiger partial charge in [-0.1, -0.05) is 26.0 Å². The molecule has 2 rings (SSSR count). The first-order chi connectivity index (χ1) is 8.69.